The van der Waals surface area contributed by atoms with E-state index in [-0.39, 0.29) is 33.5 Å². The monoisotopic (exact) mass is 1030 g/mol. The summed E-state index contributed by atoms with van der Waals surface area (Å²) in [6.07, 6.45) is 0. The molecular formula is C74H80N2O2. The molecule has 2 heterocycles. The molecule has 4 nitrogen and oxygen atoms in total. The Labute approximate surface area is 464 Å². The first kappa shape index (κ1) is 52.7. The zero-order valence-corrected chi connectivity index (χ0v) is 49.7. The number of aryl methyl sites for hydroxylation is 2. The average Bonchev–Trinajstić information content (AvgIpc) is 4.10. The third-order valence-corrected chi connectivity index (χ3v) is 16.5. The fourth-order valence-electron chi connectivity index (χ4n) is 11.9. The Balaban J connectivity index is 1.09. The van der Waals surface area contributed by atoms with Gasteiger partial charge in [0.2, 0.25) is 0 Å². The third-order valence-electron chi connectivity index (χ3n) is 16.5. The Morgan fingerprint density at radius 3 is 1.04 bits per heavy atom. The smallest absolute Gasteiger partial charge is 0.140 e. The van der Waals surface area contributed by atoms with Gasteiger partial charge < -0.3 is 18.6 Å². The predicted octanol–water partition coefficient (Wildman–Crippen LogP) is 22.8. The van der Waals surface area contributed by atoms with Crippen molar-refractivity contribution in [1.29, 1.82) is 0 Å². The van der Waals surface area contributed by atoms with Crippen molar-refractivity contribution in [3.05, 3.63) is 190 Å². The van der Waals surface area contributed by atoms with Gasteiger partial charge in [0.15, 0.2) is 0 Å². The number of benzene rings is 9. The fraction of sp³-hybridized carbons (Fsp3) is 0.324. The first-order valence-corrected chi connectivity index (χ1v) is 28.4. The Morgan fingerprint density at radius 1 is 0.346 bits per heavy atom. The van der Waals surface area contributed by atoms with Crippen LogP contribution in [0.25, 0.3) is 65.4 Å². The Bertz CT molecular complexity index is 3900. The first-order valence-electron chi connectivity index (χ1n) is 28.4. The summed E-state index contributed by atoms with van der Waals surface area (Å²) in [5, 5.41) is 9.17. The maximum Gasteiger partial charge on any atom is 0.140 e. The molecule has 0 saturated heterocycles. The van der Waals surface area contributed by atoms with Crippen molar-refractivity contribution in [1.82, 2.24) is 0 Å². The van der Waals surface area contributed by atoms with Gasteiger partial charge in [0.1, 0.15) is 22.3 Å². The maximum absolute atomic E-state index is 7.29. The molecule has 0 aliphatic rings. The summed E-state index contributed by atoms with van der Waals surface area (Å²) in [4.78, 5) is 4.91. The van der Waals surface area contributed by atoms with Crippen molar-refractivity contribution in [2.24, 2.45) is 0 Å². The van der Waals surface area contributed by atoms with E-state index >= 15 is 0 Å². The SMILES string of the molecule is Cc1ccc(C(C)(C)C)cc1N(c1cccc(C(C)(C)C)c1)c1ccc2cc3c(cc2c1)oc1c(C(C)C)c2c(oc4cc5cc(N(c6cccc(C(C)(C)C)c6)c6cc(C(C)(C)C)ccc6C)ccc5cc42)c(C(C)C)c13. The number of rotatable bonds is 8. The quantitative estimate of drug-likeness (QED) is 0.152. The number of hydrogen-bond donors (Lipinski definition) is 0. The molecule has 0 atom stereocenters. The molecule has 0 aliphatic carbocycles. The Hall–Kier alpha value is -7.30. The molecule has 0 spiro atoms. The van der Waals surface area contributed by atoms with Crippen LogP contribution in [0.2, 0.25) is 0 Å². The highest BCUT2D eigenvalue weighted by molar-refractivity contribution is 6.22. The molecule has 0 aliphatic heterocycles. The van der Waals surface area contributed by atoms with Crippen molar-refractivity contribution in [2.45, 2.75) is 158 Å². The average molecular weight is 1030 g/mol. The standard InChI is InChI=1S/C74H80N2O2/c1-43(2)65-67-59-35-47-27-31-57(75(55-23-19-21-51(39-55)71(7,8)9)61-41-53(73(13,14)15)29-25-45(61)5)33-49(47)37-63(59)78-70(67)66(44(3)4)68-60-36-48-28-32-58(34-50(48)38-64(60)77-69(65)68)76(56-24-20-22-52(40-56)72(10,11)12)62-42-54(74(16,17)18)30-26-46(62)6/h19-44H,1-18H3. The van der Waals surface area contributed by atoms with E-state index in [2.05, 4.69) is 280 Å². The van der Waals surface area contributed by atoms with Crippen LogP contribution in [0.4, 0.5) is 34.1 Å². The summed E-state index contributed by atoms with van der Waals surface area (Å²) < 4.78 is 14.6. The third kappa shape index (κ3) is 9.23. The molecule has 78 heavy (non-hydrogen) atoms. The molecule has 0 radical (unpaired) electrons. The fourth-order valence-corrected chi connectivity index (χ4v) is 11.9. The number of furan rings is 2. The predicted molar refractivity (Wildman–Crippen MR) is 338 cm³/mol. The highest BCUT2D eigenvalue weighted by Crippen LogP contribution is 2.50. The van der Waals surface area contributed by atoms with Crippen LogP contribution in [0.15, 0.2) is 154 Å². The molecule has 398 valence electrons. The van der Waals surface area contributed by atoms with Crippen LogP contribution >= 0.6 is 0 Å². The highest BCUT2D eigenvalue weighted by Gasteiger charge is 2.30. The molecule has 0 saturated carbocycles. The van der Waals surface area contributed by atoms with Crippen LogP contribution in [0, 0.1) is 13.8 Å². The molecule has 0 amide bonds. The number of hydrogen-bond acceptors (Lipinski definition) is 4. The topological polar surface area (TPSA) is 32.8 Å². The van der Waals surface area contributed by atoms with E-state index in [1.165, 1.54) is 66.7 Å². The lowest BCUT2D eigenvalue weighted by atomic mass is 9.85. The van der Waals surface area contributed by atoms with E-state index in [4.69, 9.17) is 8.83 Å². The minimum Gasteiger partial charge on any atom is -0.456 e. The van der Waals surface area contributed by atoms with Gasteiger partial charge in [-0.1, -0.05) is 171 Å². The Morgan fingerprint density at radius 2 is 0.692 bits per heavy atom. The van der Waals surface area contributed by atoms with Crippen molar-refractivity contribution in [3.8, 4) is 0 Å². The van der Waals surface area contributed by atoms with Gasteiger partial charge in [-0.25, -0.2) is 0 Å². The summed E-state index contributed by atoms with van der Waals surface area (Å²) in [5.74, 6) is 0.316. The molecule has 0 unspecified atom stereocenters. The molecule has 11 rings (SSSR count). The van der Waals surface area contributed by atoms with Crippen LogP contribution in [-0.2, 0) is 21.7 Å². The normalized spacial score (nSPS) is 13.0. The van der Waals surface area contributed by atoms with E-state index in [0.717, 1.165) is 77.4 Å². The lowest BCUT2D eigenvalue weighted by Gasteiger charge is -2.31. The first-order chi connectivity index (χ1) is 36.6. The number of fused-ring (bicyclic) bond motifs is 8. The molecule has 2 aromatic heterocycles. The van der Waals surface area contributed by atoms with Crippen molar-refractivity contribution in [3.63, 3.8) is 0 Å². The van der Waals surface area contributed by atoms with Crippen LogP contribution in [-0.4, -0.2) is 0 Å². The van der Waals surface area contributed by atoms with Crippen LogP contribution in [0.5, 0.6) is 0 Å². The van der Waals surface area contributed by atoms with Crippen molar-refractivity contribution in [2.75, 3.05) is 9.80 Å². The van der Waals surface area contributed by atoms with Crippen molar-refractivity contribution < 1.29 is 8.83 Å². The Kier molecular flexibility index (Phi) is 12.6. The van der Waals surface area contributed by atoms with Gasteiger partial charge in [-0.3, -0.25) is 0 Å². The van der Waals surface area contributed by atoms with Gasteiger partial charge in [-0.05, 0) is 187 Å². The molecule has 0 bridgehead atoms. The summed E-state index contributed by atoms with van der Waals surface area (Å²) in [6.45, 7) is 41.2. The summed E-state index contributed by atoms with van der Waals surface area (Å²) in [7, 11) is 0. The van der Waals surface area contributed by atoms with Gasteiger partial charge in [0, 0.05) is 66.8 Å². The van der Waals surface area contributed by atoms with Crippen LogP contribution < -0.4 is 9.80 Å². The summed E-state index contributed by atoms with van der Waals surface area (Å²) >= 11 is 0. The van der Waals surface area contributed by atoms with E-state index in [0.29, 0.717) is 0 Å². The zero-order chi connectivity index (χ0) is 55.7. The van der Waals surface area contributed by atoms with Crippen LogP contribution in [0.3, 0.4) is 0 Å². The number of anilines is 6. The van der Waals surface area contributed by atoms with Gasteiger partial charge in [-0.15, -0.1) is 0 Å². The van der Waals surface area contributed by atoms with Crippen molar-refractivity contribution >= 4 is 99.5 Å². The van der Waals surface area contributed by atoms with Crippen LogP contribution in [0.1, 0.15) is 167 Å². The second kappa shape index (κ2) is 18.7. The zero-order valence-electron chi connectivity index (χ0n) is 49.7. The van der Waals surface area contributed by atoms with E-state index in [1.54, 1.807) is 0 Å². The maximum atomic E-state index is 7.29. The minimum absolute atomic E-state index is 0.00314. The van der Waals surface area contributed by atoms with E-state index < -0.39 is 0 Å². The minimum atomic E-state index is -0.00572. The van der Waals surface area contributed by atoms with Gasteiger partial charge in [-0.2, -0.15) is 0 Å². The van der Waals surface area contributed by atoms with E-state index in [9.17, 15) is 0 Å². The molecule has 9 aromatic carbocycles. The highest BCUT2D eigenvalue weighted by atomic mass is 16.3. The van der Waals surface area contributed by atoms with Gasteiger partial charge in [0.25, 0.3) is 0 Å². The molecular weight excluding hydrogens is 949 g/mol. The van der Waals surface area contributed by atoms with Gasteiger partial charge >= 0.3 is 0 Å². The lowest BCUT2D eigenvalue weighted by molar-refractivity contribution is 0.589. The second-order valence-corrected chi connectivity index (χ2v) is 27.3. The summed E-state index contributed by atoms with van der Waals surface area (Å²) in [6, 6.07) is 55.2. The lowest BCUT2D eigenvalue weighted by Crippen LogP contribution is -2.17. The summed E-state index contributed by atoms with van der Waals surface area (Å²) in [5.41, 5.74) is 20.6. The largest absolute Gasteiger partial charge is 0.456 e. The number of nitrogens with zero attached hydrogens (tertiary/aromatic N) is 2. The molecule has 0 fully saturated rings. The molecule has 4 heteroatoms. The van der Waals surface area contributed by atoms with Gasteiger partial charge in [0.05, 0.1) is 0 Å². The molecule has 0 N–H and O–H groups in total. The van der Waals surface area contributed by atoms with E-state index in [1.807, 2.05) is 0 Å². The molecule has 11 aromatic rings. The second-order valence-electron chi connectivity index (χ2n) is 27.3.